The molecule has 1 atom stereocenters. The number of carbonyl (C=O) groups excluding carboxylic acids is 2. The van der Waals surface area contributed by atoms with Crippen LogP contribution >= 0.6 is 0 Å². The first-order chi connectivity index (χ1) is 18.0. The summed E-state index contributed by atoms with van der Waals surface area (Å²) in [7, 11) is 0. The van der Waals surface area contributed by atoms with E-state index < -0.39 is 11.9 Å². The summed E-state index contributed by atoms with van der Waals surface area (Å²) in [6, 6.07) is 23.0. The van der Waals surface area contributed by atoms with E-state index in [2.05, 4.69) is 5.32 Å². The van der Waals surface area contributed by atoms with Crippen molar-refractivity contribution in [1.82, 2.24) is 5.32 Å². The fourth-order valence-corrected chi connectivity index (χ4v) is 4.97. The van der Waals surface area contributed by atoms with Gasteiger partial charge in [0.2, 0.25) is 0 Å². The first-order valence-electron chi connectivity index (χ1n) is 12.5. The van der Waals surface area contributed by atoms with Crippen molar-refractivity contribution < 1.29 is 23.8 Å². The normalized spacial score (nSPS) is 16.2. The van der Waals surface area contributed by atoms with Gasteiger partial charge in [0.1, 0.15) is 6.61 Å². The molecule has 6 nitrogen and oxygen atoms in total. The Labute approximate surface area is 216 Å². The van der Waals surface area contributed by atoms with Crippen LogP contribution in [0.5, 0.6) is 11.5 Å². The van der Waals surface area contributed by atoms with Gasteiger partial charge in [-0.15, -0.1) is 0 Å². The lowest BCUT2D eigenvalue weighted by atomic mass is 9.79. The SMILES string of the molecule is CCOC(=O)C1=C(C)NC2=C(C(=O)c3ccccc32)[C@@H]1c1ccc(OCc2ccccc2)c(OCC)c1. The number of ketones is 1. The highest BCUT2D eigenvalue weighted by Crippen LogP contribution is 2.48. The zero-order valence-electron chi connectivity index (χ0n) is 21.2. The van der Waals surface area contributed by atoms with Crippen molar-refractivity contribution in [3.05, 3.63) is 112 Å². The van der Waals surface area contributed by atoms with E-state index in [9.17, 15) is 9.59 Å². The van der Waals surface area contributed by atoms with Crippen molar-refractivity contribution in [3.63, 3.8) is 0 Å². The third-order valence-electron chi connectivity index (χ3n) is 6.58. The molecule has 0 unspecified atom stereocenters. The van der Waals surface area contributed by atoms with Crippen molar-refractivity contribution in [2.75, 3.05) is 13.2 Å². The number of esters is 1. The Balaban J connectivity index is 1.59. The molecule has 1 aliphatic heterocycles. The molecule has 37 heavy (non-hydrogen) atoms. The molecule has 3 aromatic carbocycles. The maximum atomic E-state index is 13.7. The molecule has 6 heteroatoms. The third-order valence-corrected chi connectivity index (χ3v) is 6.58. The number of allylic oxidation sites excluding steroid dienone is 2. The van der Waals surface area contributed by atoms with E-state index in [0.717, 1.165) is 22.4 Å². The van der Waals surface area contributed by atoms with E-state index in [-0.39, 0.29) is 12.4 Å². The van der Waals surface area contributed by atoms with Gasteiger partial charge in [-0.3, -0.25) is 4.79 Å². The van der Waals surface area contributed by atoms with Crippen LogP contribution in [0.15, 0.2) is 89.6 Å². The average Bonchev–Trinajstić information content (AvgIpc) is 3.19. The molecular weight excluding hydrogens is 466 g/mol. The molecule has 0 radical (unpaired) electrons. The Morgan fingerprint density at radius 2 is 1.59 bits per heavy atom. The molecule has 1 N–H and O–H groups in total. The Kier molecular flexibility index (Phi) is 6.82. The number of hydrogen-bond acceptors (Lipinski definition) is 6. The van der Waals surface area contributed by atoms with Gasteiger partial charge in [0.15, 0.2) is 17.3 Å². The van der Waals surface area contributed by atoms with Crippen molar-refractivity contribution in [1.29, 1.82) is 0 Å². The predicted molar refractivity (Wildman–Crippen MR) is 141 cm³/mol. The first kappa shape index (κ1) is 24.4. The molecule has 1 heterocycles. The van der Waals surface area contributed by atoms with Gasteiger partial charge in [-0.25, -0.2) is 4.79 Å². The number of carbonyl (C=O) groups is 2. The quantitative estimate of drug-likeness (QED) is 0.399. The minimum atomic E-state index is -0.613. The molecule has 0 spiro atoms. The number of hydrogen-bond donors (Lipinski definition) is 1. The summed E-state index contributed by atoms with van der Waals surface area (Å²) in [4.78, 5) is 26.8. The zero-order valence-corrected chi connectivity index (χ0v) is 21.2. The topological polar surface area (TPSA) is 73.9 Å². The molecule has 2 aliphatic rings. The largest absolute Gasteiger partial charge is 0.490 e. The summed E-state index contributed by atoms with van der Waals surface area (Å²) in [5.74, 6) is -0.00930. The summed E-state index contributed by atoms with van der Waals surface area (Å²) in [5, 5.41) is 3.33. The van der Waals surface area contributed by atoms with Gasteiger partial charge in [-0.05, 0) is 44.0 Å². The smallest absolute Gasteiger partial charge is 0.336 e. The summed E-state index contributed by atoms with van der Waals surface area (Å²) in [6.45, 7) is 6.59. The van der Waals surface area contributed by atoms with Crippen molar-refractivity contribution >= 4 is 17.4 Å². The Hall–Kier alpha value is -4.32. The fourth-order valence-electron chi connectivity index (χ4n) is 4.97. The van der Waals surface area contributed by atoms with Crippen LogP contribution in [0.1, 0.15) is 53.7 Å². The predicted octanol–water partition coefficient (Wildman–Crippen LogP) is 5.80. The van der Waals surface area contributed by atoms with Crippen LogP contribution in [0.2, 0.25) is 0 Å². The first-order valence-corrected chi connectivity index (χ1v) is 12.5. The van der Waals surface area contributed by atoms with Crippen molar-refractivity contribution in [2.24, 2.45) is 0 Å². The van der Waals surface area contributed by atoms with Crippen LogP contribution in [0.4, 0.5) is 0 Å². The maximum absolute atomic E-state index is 13.7. The fraction of sp³-hybridized carbons (Fsp3) is 0.226. The third kappa shape index (κ3) is 4.51. The number of dihydropyridines is 1. The van der Waals surface area contributed by atoms with Gasteiger partial charge in [0.25, 0.3) is 0 Å². The van der Waals surface area contributed by atoms with E-state index in [1.54, 1.807) is 6.92 Å². The van der Waals surface area contributed by atoms with Crippen molar-refractivity contribution in [2.45, 2.75) is 33.3 Å². The number of ether oxygens (including phenoxy) is 3. The van der Waals surface area contributed by atoms with Crippen LogP contribution in [0.3, 0.4) is 0 Å². The van der Waals surface area contributed by atoms with Gasteiger partial charge in [0, 0.05) is 28.3 Å². The average molecular weight is 496 g/mol. The summed E-state index contributed by atoms with van der Waals surface area (Å²) in [5.41, 5.74) is 5.61. The molecule has 1 aliphatic carbocycles. The van der Waals surface area contributed by atoms with Gasteiger partial charge in [0.05, 0.1) is 24.5 Å². The molecule has 188 valence electrons. The molecule has 3 aromatic rings. The lowest BCUT2D eigenvalue weighted by molar-refractivity contribution is -0.138. The highest BCUT2D eigenvalue weighted by atomic mass is 16.5. The lowest BCUT2D eigenvalue weighted by Gasteiger charge is -2.29. The number of nitrogens with one attached hydrogen (secondary N) is 1. The second-order valence-electron chi connectivity index (χ2n) is 8.89. The Morgan fingerprint density at radius 3 is 2.32 bits per heavy atom. The Bertz CT molecular complexity index is 1420. The molecule has 0 amide bonds. The lowest BCUT2D eigenvalue weighted by Crippen LogP contribution is -2.29. The number of benzene rings is 3. The molecule has 5 rings (SSSR count). The van der Waals surface area contributed by atoms with Gasteiger partial charge >= 0.3 is 5.97 Å². The van der Waals surface area contributed by atoms with Gasteiger partial charge in [-0.2, -0.15) is 0 Å². The minimum Gasteiger partial charge on any atom is -0.490 e. The second-order valence-corrected chi connectivity index (χ2v) is 8.89. The van der Waals surface area contributed by atoms with E-state index in [4.69, 9.17) is 14.2 Å². The second kappa shape index (κ2) is 10.3. The molecule has 0 saturated carbocycles. The molecule has 0 bridgehead atoms. The maximum Gasteiger partial charge on any atom is 0.336 e. The summed E-state index contributed by atoms with van der Waals surface area (Å²) in [6.07, 6.45) is 0. The van der Waals surface area contributed by atoms with E-state index in [0.29, 0.717) is 47.1 Å². The summed E-state index contributed by atoms with van der Waals surface area (Å²) < 4.78 is 17.5. The van der Waals surface area contributed by atoms with Crippen LogP contribution in [-0.4, -0.2) is 25.0 Å². The minimum absolute atomic E-state index is 0.0974. The van der Waals surface area contributed by atoms with Crippen molar-refractivity contribution in [3.8, 4) is 11.5 Å². The molecule has 0 aromatic heterocycles. The standard InChI is InChI=1S/C31H29NO5/c1-4-35-25-17-21(15-16-24(25)37-18-20-11-7-6-8-12-20)27-26(31(34)36-5-2)19(3)32-29-22-13-9-10-14-23(22)30(33)28(27)29/h6-17,27,32H,4-5,18H2,1-3H3/t27-/m1/s1. The number of fused-ring (bicyclic) bond motifs is 2. The van der Waals surface area contributed by atoms with E-state index in [1.165, 1.54) is 0 Å². The number of Topliss-reactive ketones (excluding diaryl/α,β-unsaturated/α-hetero) is 1. The van der Waals surface area contributed by atoms with Gasteiger partial charge < -0.3 is 19.5 Å². The Morgan fingerprint density at radius 1 is 0.865 bits per heavy atom. The molecule has 0 fully saturated rings. The van der Waals surface area contributed by atoms with Crippen LogP contribution < -0.4 is 14.8 Å². The van der Waals surface area contributed by atoms with E-state index >= 15 is 0 Å². The highest BCUT2D eigenvalue weighted by Gasteiger charge is 2.43. The van der Waals surface area contributed by atoms with Crippen LogP contribution in [-0.2, 0) is 16.1 Å². The number of rotatable bonds is 8. The molecule has 0 saturated heterocycles. The monoisotopic (exact) mass is 495 g/mol. The van der Waals surface area contributed by atoms with Crippen LogP contribution in [0.25, 0.3) is 5.70 Å². The zero-order chi connectivity index (χ0) is 25.9. The molecular formula is C31H29NO5. The van der Waals surface area contributed by atoms with Crippen LogP contribution in [0, 0.1) is 0 Å². The van der Waals surface area contributed by atoms with Gasteiger partial charge in [-0.1, -0.05) is 60.7 Å². The summed E-state index contributed by atoms with van der Waals surface area (Å²) >= 11 is 0. The highest BCUT2D eigenvalue weighted by molar-refractivity contribution is 6.23. The van der Waals surface area contributed by atoms with E-state index in [1.807, 2.05) is 86.6 Å².